The van der Waals surface area contributed by atoms with Crippen molar-refractivity contribution in [2.45, 2.75) is 75.6 Å². The van der Waals surface area contributed by atoms with Crippen molar-refractivity contribution in [1.82, 2.24) is 5.32 Å². The Hall–Kier alpha value is -4.38. The molecule has 3 amide bonds. The van der Waals surface area contributed by atoms with Crippen LogP contribution in [0.1, 0.15) is 85.7 Å². The number of hydrogen-bond acceptors (Lipinski definition) is 6. The van der Waals surface area contributed by atoms with Gasteiger partial charge < -0.3 is 20.5 Å². The Morgan fingerprint density at radius 3 is 2.28 bits per heavy atom. The van der Waals surface area contributed by atoms with Gasteiger partial charge in [0.05, 0.1) is 19.6 Å². The van der Waals surface area contributed by atoms with Crippen LogP contribution in [0.15, 0.2) is 71.6 Å². The molecule has 3 N–H and O–H groups in total. The van der Waals surface area contributed by atoms with E-state index < -0.39 is 21.8 Å². The van der Waals surface area contributed by atoms with Crippen molar-refractivity contribution < 1.29 is 32.6 Å². The summed E-state index contributed by atoms with van der Waals surface area (Å²) in [6, 6.07) is 18.9. The number of ether oxygens (including phenoxy) is 1. The van der Waals surface area contributed by atoms with Gasteiger partial charge in [0.1, 0.15) is 10.6 Å². The average Bonchev–Trinajstić information content (AvgIpc) is 3.04. The number of carbonyl (C=O) groups is 3. The van der Waals surface area contributed by atoms with Gasteiger partial charge in [-0.05, 0) is 78.8 Å². The summed E-state index contributed by atoms with van der Waals surface area (Å²) in [6.45, 7) is 2.60. The molecule has 0 aromatic heterocycles. The summed E-state index contributed by atoms with van der Waals surface area (Å²) in [4.78, 5) is 38.6. The molecule has 0 bridgehead atoms. The Bertz CT molecular complexity index is 1600. The molecular formula is C35H43N3O7S. The predicted octanol–water partition coefficient (Wildman–Crippen LogP) is 6.76. The van der Waals surface area contributed by atoms with Gasteiger partial charge in [0.25, 0.3) is 5.91 Å². The van der Waals surface area contributed by atoms with Gasteiger partial charge in [0.15, 0.2) is 9.84 Å². The van der Waals surface area contributed by atoms with E-state index in [9.17, 15) is 22.8 Å². The van der Waals surface area contributed by atoms with E-state index in [-0.39, 0.29) is 36.1 Å². The van der Waals surface area contributed by atoms with E-state index in [2.05, 4.69) is 22.8 Å². The number of nitrogens with one attached hydrogen (secondary N) is 2. The number of carboxylic acid groups (broad SMARTS) is 1. The third kappa shape index (κ3) is 9.81. The molecule has 4 rings (SSSR count). The number of sulfone groups is 1. The molecule has 0 radical (unpaired) electrons. The second-order valence-electron chi connectivity index (χ2n) is 11.7. The maximum atomic E-state index is 13.8. The summed E-state index contributed by atoms with van der Waals surface area (Å²) in [5, 5.41) is 14.3. The molecule has 3 aromatic rings. The van der Waals surface area contributed by atoms with Crippen LogP contribution in [0.5, 0.6) is 5.75 Å². The van der Waals surface area contributed by atoms with Gasteiger partial charge in [-0.15, -0.1) is 0 Å². The van der Waals surface area contributed by atoms with E-state index in [0.717, 1.165) is 37.5 Å². The summed E-state index contributed by atoms with van der Waals surface area (Å²) < 4.78 is 30.9. The first-order chi connectivity index (χ1) is 22.0. The molecule has 0 aliphatic heterocycles. The lowest BCUT2D eigenvalue weighted by atomic mass is 9.84. The first-order valence-electron chi connectivity index (χ1n) is 15.8. The van der Waals surface area contributed by atoms with E-state index in [1.165, 1.54) is 30.9 Å². The molecule has 246 valence electrons. The molecule has 1 aliphatic carbocycles. The highest BCUT2D eigenvalue weighted by atomic mass is 32.2. The van der Waals surface area contributed by atoms with Gasteiger partial charge in [0, 0.05) is 29.7 Å². The van der Waals surface area contributed by atoms with Gasteiger partial charge in [0.2, 0.25) is 0 Å². The van der Waals surface area contributed by atoms with Crippen molar-refractivity contribution in [3.63, 3.8) is 0 Å². The third-order valence-electron chi connectivity index (χ3n) is 8.06. The summed E-state index contributed by atoms with van der Waals surface area (Å²) in [7, 11) is -3.64. The van der Waals surface area contributed by atoms with Crippen LogP contribution in [0, 0.1) is 0 Å². The van der Waals surface area contributed by atoms with E-state index in [1.807, 2.05) is 19.1 Å². The van der Waals surface area contributed by atoms with E-state index in [0.29, 0.717) is 29.5 Å². The van der Waals surface area contributed by atoms with Crippen LogP contribution in [0.3, 0.4) is 0 Å². The zero-order valence-electron chi connectivity index (χ0n) is 26.5. The number of hydrogen-bond donors (Lipinski definition) is 3. The van der Waals surface area contributed by atoms with Crippen molar-refractivity contribution in [2.24, 2.45) is 0 Å². The number of unbranched alkanes of at least 4 members (excludes halogenated alkanes) is 1. The second-order valence-corrected chi connectivity index (χ2v) is 13.7. The van der Waals surface area contributed by atoms with Crippen molar-refractivity contribution in [3.05, 3.63) is 83.4 Å². The van der Waals surface area contributed by atoms with Gasteiger partial charge in [-0.1, -0.05) is 56.9 Å². The summed E-state index contributed by atoms with van der Waals surface area (Å²) >= 11 is 0. The van der Waals surface area contributed by atoms with Gasteiger partial charge >= 0.3 is 12.0 Å². The minimum Gasteiger partial charge on any atom is -0.492 e. The molecule has 10 nitrogen and oxygen atoms in total. The van der Waals surface area contributed by atoms with E-state index in [1.54, 1.807) is 41.3 Å². The highest BCUT2D eigenvalue weighted by Gasteiger charge is 2.22. The monoisotopic (exact) mass is 649 g/mol. The molecule has 0 heterocycles. The molecule has 0 unspecified atom stereocenters. The van der Waals surface area contributed by atoms with Crippen molar-refractivity contribution >= 4 is 39.1 Å². The maximum Gasteiger partial charge on any atom is 0.326 e. The number of carboxylic acids is 1. The number of nitrogens with zero attached hydrogens (tertiary/aromatic N) is 1. The summed E-state index contributed by atoms with van der Waals surface area (Å²) in [5.74, 6) is -0.628. The van der Waals surface area contributed by atoms with Crippen LogP contribution < -0.4 is 20.3 Å². The second kappa shape index (κ2) is 16.3. The predicted molar refractivity (Wildman–Crippen MR) is 178 cm³/mol. The van der Waals surface area contributed by atoms with Crippen LogP contribution in [-0.2, 0) is 21.2 Å². The van der Waals surface area contributed by atoms with Crippen molar-refractivity contribution in [3.8, 4) is 5.75 Å². The van der Waals surface area contributed by atoms with Crippen LogP contribution in [0.4, 0.5) is 16.2 Å². The van der Waals surface area contributed by atoms with Crippen LogP contribution >= 0.6 is 0 Å². The molecule has 1 aliphatic rings. The fraction of sp³-hybridized carbons (Fsp3) is 0.400. The number of urea groups is 1. The molecule has 1 saturated carbocycles. The molecule has 11 heteroatoms. The fourth-order valence-corrected chi connectivity index (χ4v) is 6.32. The molecule has 1 fully saturated rings. The van der Waals surface area contributed by atoms with E-state index >= 15 is 0 Å². The number of benzene rings is 3. The molecular weight excluding hydrogens is 606 g/mol. The SMILES string of the molecule is CCCCOc1ccc(NC(=O)N(Cc2ccc(C(=O)NCCC(=O)O)cc2)c2ccc(C3CCCCC3)cc2)cc1S(C)(=O)=O. The number of anilines is 2. The van der Waals surface area contributed by atoms with Crippen LogP contribution in [0.25, 0.3) is 0 Å². The van der Waals surface area contributed by atoms with Gasteiger partial charge in [-0.2, -0.15) is 0 Å². The lowest BCUT2D eigenvalue weighted by molar-refractivity contribution is -0.136. The standard InChI is InChI=1S/C35H43N3O7S/c1-3-4-22-45-31-19-16-29(23-32(31)46(2,43)44)37-35(42)38(30-17-14-27(15-18-30)26-8-6-5-7-9-26)24-25-10-12-28(13-11-25)34(41)36-21-20-33(39)40/h10-19,23,26H,3-9,20-22,24H2,1-2H3,(H,36,41)(H,37,42)(H,39,40). The largest absolute Gasteiger partial charge is 0.492 e. The van der Waals surface area contributed by atoms with Crippen molar-refractivity contribution in [2.75, 3.05) is 29.6 Å². The quantitative estimate of drug-likeness (QED) is 0.164. The fourth-order valence-electron chi connectivity index (χ4n) is 5.48. The van der Waals surface area contributed by atoms with Crippen LogP contribution in [-0.4, -0.2) is 50.8 Å². The Labute approximate surface area is 271 Å². The third-order valence-corrected chi connectivity index (χ3v) is 9.18. The normalized spacial score (nSPS) is 13.5. The zero-order chi connectivity index (χ0) is 33.1. The molecule has 0 saturated heterocycles. The van der Waals surface area contributed by atoms with Gasteiger partial charge in [-0.3, -0.25) is 14.5 Å². The first kappa shape index (κ1) is 34.5. The highest BCUT2D eigenvalue weighted by Crippen LogP contribution is 2.34. The number of aliphatic carboxylic acids is 1. The molecule has 0 atom stereocenters. The number of rotatable bonds is 14. The van der Waals surface area contributed by atoms with Gasteiger partial charge in [-0.25, -0.2) is 13.2 Å². The maximum absolute atomic E-state index is 13.8. The van der Waals surface area contributed by atoms with Crippen LogP contribution in [0.2, 0.25) is 0 Å². The lowest BCUT2D eigenvalue weighted by Crippen LogP contribution is -2.34. The zero-order valence-corrected chi connectivity index (χ0v) is 27.3. The first-order valence-corrected chi connectivity index (χ1v) is 17.7. The molecule has 0 spiro atoms. The summed E-state index contributed by atoms with van der Waals surface area (Å²) in [6.07, 6.45) is 8.62. The molecule has 46 heavy (non-hydrogen) atoms. The number of carbonyl (C=O) groups excluding carboxylic acids is 2. The molecule has 3 aromatic carbocycles. The smallest absolute Gasteiger partial charge is 0.326 e. The average molecular weight is 650 g/mol. The van der Waals surface area contributed by atoms with E-state index in [4.69, 9.17) is 9.84 Å². The summed E-state index contributed by atoms with van der Waals surface area (Å²) in [5.41, 5.74) is 3.35. The Kier molecular flexibility index (Phi) is 12.2. The van der Waals surface area contributed by atoms with Crippen molar-refractivity contribution in [1.29, 1.82) is 0 Å². The number of amides is 3. The Morgan fingerprint density at radius 2 is 1.65 bits per heavy atom. The minimum absolute atomic E-state index is 0.00186. The highest BCUT2D eigenvalue weighted by molar-refractivity contribution is 7.90. The topological polar surface area (TPSA) is 142 Å². The minimum atomic E-state index is -3.64. The Morgan fingerprint density at radius 1 is 0.957 bits per heavy atom. The lowest BCUT2D eigenvalue weighted by Gasteiger charge is -2.26. The Balaban J connectivity index is 1.57.